The van der Waals surface area contributed by atoms with Crippen molar-refractivity contribution in [3.63, 3.8) is 0 Å². The number of thiophene rings is 1. The molecule has 1 aliphatic heterocycles. The number of nitrogens with one attached hydrogen (secondary N) is 3. The van der Waals surface area contributed by atoms with E-state index in [-0.39, 0.29) is 12.1 Å². The first kappa shape index (κ1) is 22.7. The minimum absolute atomic E-state index is 0.0576. The van der Waals surface area contributed by atoms with Gasteiger partial charge in [-0.1, -0.05) is 24.3 Å². The number of pyridine rings is 1. The van der Waals surface area contributed by atoms with Crippen LogP contribution in [0.15, 0.2) is 52.1 Å². The Morgan fingerprint density at radius 2 is 1.97 bits per heavy atom. The van der Waals surface area contributed by atoms with E-state index in [1.54, 1.807) is 17.5 Å². The molecule has 3 N–H and O–H groups in total. The van der Waals surface area contributed by atoms with Gasteiger partial charge in [-0.25, -0.2) is 17.9 Å². The summed E-state index contributed by atoms with van der Waals surface area (Å²) in [6, 6.07) is 12.6. The molecule has 1 saturated heterocycles. The molecule has 0 spiro atoms. The fraction of sp³-hybridized carbons (Fsp3) is 0.364. The number of urea groups is 1. The van der Waals surface area contributed by atoms with Crippen LogP contribution in [0.3, 0.4) is 0 Å². The summed E-state index contributed by atoms with van der Waals surface area (Å²) < 4.78 is 27.9. The van der Waals surface area contributed by atoms with Crippen molar-refractivity contribution in [3.8, 4) is 0 Å². The van der Waals surface area contributed by atoms with E-state index in [9.17, 15) is 13.2 Å². The predicted molar refractivity (Wildman–Crippen MR) is 128 cm³/mol. The fourth-order valence-corrected chi connectivity index (χ4v) is 6.19. The number of aryl methyl sites for hydroxylation is 1. The lowest BCUT2D eigenvalue weighted by molar-refractivity contribution is 0.206. The molecule has 1 aromatic carbocycles. The highest BCUT2D eigenvalue weighted by Crippen LogP contribution is 2.23. The molecule has 0 radical (unpaired) electrons. The van der Waals surface area contributed by atoms with Crippen molar-refractivity contribution in [1.29, 1.82) is 0 Å². The van der Waals surface area contributed by atoms with Crippen LogP contribution in [-0.2, 0) is 10.0 Å². The van der Waals surface area contributed by atoms with Crippen molar-refractivity contribution in [2.45, 2.75) is 30.0 Å². The van der Waals surface area contributed by atoms with Crippen molar-refractivity contribution in [2.75, 3.05) is 31.5 Å². The molecule has 0 bridgehead atoms. The number of para-hydroxylation sites is 1. The van der Waals surface area contributed by atoms with Crippen LogP contribution < -0.4 is 15.4 Å². The first-order chi connectivity index (χ1) is 15.4. The third-order valence-corrected chi connectivity index (χ3v) is 8.39. The Bertz CT molecular complexity index is 1170. The minimum Gasteiger partial charge on any atom is -0.337 e. The van der Waals surface area contributed by atoms with Gasteiger partial charge in [0.2, 0.25) is 10.0 Å². The molecule has 3 heterocycles. The van der Waals surface area contributed by atoms with Gasteiger partial charge in [-0.3, -0.25) is 4.98 Å². The first-order valence-corrected chi connectivity index (χ1v) is 13.0. The van der Waals surface area contributed by atoms with Gasteiger partial charge in [0.25, 0.3) is 0 Å². The summed E-state index contributed by atoms with van der Waals surface area (Å²) in [4.78, 5) is 19.1. The Morgan fingerprint density at radius 3 is 2.72 bits per heavy atom. The van der Waals surface area contributed by atoms with Gasteiger partial charge in [0.15, 0.2) is 0 Å². The summed E-state index contributed by atoms with van der Waals surface area (Å²) in [5.74, 6) is 0. The standard InChI is InChI=1S/C22H27N5O3S2/c1-16-15-20(18-5-2-3-6-19(18)24-16)25-22(28)23-10-13-27-11-8-17(9-12-27)26-32(29,30)21-7-4-14-31-21/h2-7,14-15,17,26H,8-13H2,1H3,(H2,23,24,25,28). The SMILES string of the molecule is Cc1cc(NC(=O)NCCN2CCC(NS(=O)(=O)c3cccs3)CC2)c2ccccc2n1. The van der Waals surface area contributed by atoms with Gasteiger partial charge in [-0.15, -0.1) is 11.3 Å². The van der Waals surface area contributed by atoms with Crippen LogP contribution in [0.5, 0.6) is 0 Å². The van der Waals surface area contributed by atoms with Gasteiger partial charge in [-0.05, 0) is 56.4 Å². The van der Waals surface area contributed by atoms with E-state index in [4.69, 9.17) is 0 Å². The second-order valence-electron chi connectivity index (χ2n) is 7.88. The van der Waals surface area contributed by atoms with E-state index in [1.165, 1.54) is 11.3 Å². The Morgan fingerprint density at radius 1 is 1.19 bits per heavy atom. The van der Waals surface area contributed by atoms with Gasteiger partial charge in [0.05, 0.1) is 11.2 Å². The lowest BCUT2D eigenvalue weighted by atomic mass is 10.1. The van der Waals surface area contributed by atoms with Crippen LogP contribution in [0.25, 0.3) is 10.9 Å². The highest BCUT2D eigenvalue weighted by molar-refractivity contribution is 7.91. The average Bonchev–Trinajstić information content (AvgIpc) is 3.31. The number of rotatable bonds is 7. The summed E-state index contributed by atoms with van der Waals surface area (Å²) in [7, 11) is -3.43. The fourth-order valence-electron chi connectivity index (χ4n) is 3.87. The number of piperidine rings is 1. The van der Waals surface area contributed by atoms with Crippen LogP contribution in [0.1, 0.15) is 18.5 Å². The smallest absolute Gasteiger partial charge is 0.319 e. The van der Waals surface area contributed by atoms with E-state index in [0.717, 1.165) is 48.2 Å². The van der Waals surface area contributed by atoms with E-state index < -0.39 is 10.0 Å². The first-order valence-electron chi connectivity index (χ1n) is 10.6. The van der Waals surface area contributed by atoms with E-state index in [1.807, 2.05) is 37.3 Å². The number of benzene rings is 1. The number of fused-ring (bicyclic) bond motifs is 1. The molecular weight excluding hydrogens is 446 g/mol. The largest absolute Gasteiger partial charge is 0.337 e. The zero-order chi connectivity index (χ0) is 22.6. The average molecular weight is 474 g/mol. The highest BCUT2D eigenvalue weighted by Gasteiger charge is 2.25. The van der Waals surface area contributed by atoms with Gasteiger partial charge >= 0.3 is 6.03 Å². The van der Waals surface area contributed by atoms with Gasteiger partial charge in [0.1, 0.15) is 4.21 Å². The number of anilines is 1. The van der Waals surface area contributed by atoms with E-state index in [0.29, 0.717) is 17.3 Å². The number of nitrogens with zero attached hydrogens (tertiary/aromatic N) is 2. The molecule has 10 heteroatoms. The normalized spacial score (nSPS) is 15.7. The third-order valence-electron chi connectivity index (χ3n) is 5.48. The summed E-state index contributed by atoms with van der Waals surface area (Å²) in [6.45, 7) is 4.71. The molecule has 0 atom stereocenters. The monoisotopic (exact) mass is 473 g/mol. The Balaban J connectivity index is 1.21. The van der Waals surface area contributed by atoms with Gasteiger partial charge < -0.3 is 15.5 Å². The van der Waals surface area contributed by atoms with Crippen LogP contribution in [0.2, 0.25) is 0 Å². The Kier molecular flexibility index (Phi) is 7.04. The number of carbonyl (C=O) groups excluding carboxylic acids is 1. The number of aromatic nitrogens is 1. The van der Waals surface area contributed by atoms with Gasteiger partial charge in [0, 0.05) is 30.2 Å². The van der Waals surface area contributed by atoms with Gasteiger partial charge in [-0.2, -0.15) is 0 Å². The molecular formula is C22H27N5O3S2. The molecule has 1 fully saturated rings. The van der Waals surface area contributed by atoms with Crippen molar-refractivity contribution in [3.05, 3.63) is 53.5 Å². The Labute approximate surface area is 192 Å². The second kappa shape index (κ2) is 9.95. The van der Waals surface area contributed by atoms with Crippen molar-refractivity contribution in [1.82, 2.24) is 19.9 Å². The lowest BCUT2D eigenvalue weighted by Gasteiger charge is -2.32. The lowest BCUT2D eigenvalue weighted by Crippen LogP contribution is -2.46. The van der Waals surface area contributed by atoms with Crippen LogP contribution in [0.4, 0.5) is 10.5 Å². The number of likely N-dealkylation sites (tertiary alicyclic amines) is 1. The maximum Gasteiger partial charge on any atom is 0.319 e. The third kappa shape index (κ3) is 5.63. The summed E-state index contributed by atoms with van der Waals surface area (Å²) in [5.41, 5.74) is 2.43. The van der Waals surface area contributed by atoms with Crippen LogP contribution in [0, 0.1) is 6.92 Å². The molecule has 2 amide bonds. The zero-order valence-corrected chi connectivity index (χ0v) is 19.5. The molecule has 0 saturated carbocycles. The quantitative estimate of drug-likeness (QED) is 0.489. The number of hydrogen-bond acceptors (Lipinski definition) is 6. The van der Waals surface area contributed by atoms with Crippen LogP contribution >= 0.6 is 11.3 Å². The molecule has 0 aliphatic carbocycles. The number of amides is 2. The molecule has 1 aliphatic rings. The maximum atomic E-state index is 12.4. The molecule has 32 heavy (non-hydrogen) atoms. The van der Waals surface area contributed by atoms with Crippen molar-refractivity contribution >= 4 is 44.0 Å². The molecule has 0 unspecified atom stereocenters. The number of sulfonamides is 1. The summed E-state index contributed by atoms with van der Waals surface area (Å²) in [5, 5.41) is 8.50. The van der Waals surface area contributed by atoms with E-state index >= 15 is 0 Å². The topological polar surface area (TPSA) is 103 Å². The highest BCUT2D eigenvalue weighted by atomic mass is 32.2. The Hall–Kier alpha value is -2.53. The number of hydrogen-bond donors (Lipinski definition) is 3. The second-order valence-corrected chi connectivity index (χ2v) is 10.8. The van der Waals surface area contributed by atoms with Crippen molar-refractivity contribution in [2.24, 2.45) is 0 Å². The maximum absolute atomic E-state index is 12.4. The van der Waals surface area contributed by atoms with E-state index in [2.05, 4.69) is 25.2 Å². The molecule has 4 rings (SSSR count). The predicted octanol–water partition coefficient (Wildman–Crippen LogP) is 3.17. The minimum atomic E-state index is -3.43. The molecule has 3 aromatic rings. The zero-order valence-electron chi connectivity index (χ0n) is 17.9. The molecule has 8 nitrogen and oxygen atoms in total. The van der Waals surface area contributed by atoms with Crippen LogP contribution in [-0.4, -0.2) is 56.6 Å². The summed E-state index contributed by atoms with van der Waals surface area (Å²) in [6.07, 6.45) is 1.50. The number of carbonyl (C=O) groups is 1. The van der Waals surface area contributed by atoms with Crippen molar-refractivity contribution < 1.29 is 13.2 Å². The summed E-state index contributed by atoms with van der Waals surface area (Å²) >= 11 is 1.22. The molecule has 170 valence electrons. The molecule has 2 aromatic heterocycles.